The topological polar surface area (TPSA) is 29.1 Å². The van der Waals surface area contributed by atoms with Crippen LogP contribution in [0.3, 0.4) is 0 Å². The zero-order chi connectivity index (χ0) is 16.0. The van der Waals surface area contributed by atoms with Gasteiger partial charge in [0.05, 0.1) is 5.56 Å². The number of carbonyl (C=O) groups is 1. The predicted molar refractivity (Wildman–Crippen MR) is 95.8 cm³/mol. The molecule has 0 aliphatic heterocycles. The van der Waals surface area contributed by atoms with Gasteiger partial charge in [0.25, 0.3) is 5.91 Å². The van der Waals surface area contributed by atoms with E-state index in [9.17, 15) is 4.79 Å². The van der Waals surface area contributed by atoms with Gasteiger partial charge < -0.3 is 5.32 Å². The minimum Gasteiger partial charge on any atom is -0.349 e. The molecule has 4 aliphatic rings. The summed E-state index contributed by atoms with van der Waals surface area (Å²) in [4.78, 5) is 13.9. The van der Waals surface area contributed by atoms with Crippen molar-refractivity contribution in [2.75, 3.05) is 6.26 Å². The second-order valence-electron chi connectivity index (χ2n) is 8.18. The van der Waals surface area contributed by atoms with Gasteiger partial charge in [0.2, 0.25) is 0 Å². The third-order valence-electron chi connectivity index (χ3n) is 6.70. The van der Waals surface area contributed by atoms with E-state index >= 15 is 0 Å². The minimum atomic E-state index is 0.109. The van der Waals surface area contributed by atoms with E-state index in [2.05, 4.69) is 12.2 Å². The summed E-state index contributed by atoms with van der Waals surface area (Å²) in [7, 11) is 0. The molecule has 1 atom stereocenters. The van der Waals surface area contributed by atoms with Crippen molar-refractivity contribution < 1.29 is 4.79 Å². The van der Waals surface area contributed by atoms with Gasteiger partial charge in [0.1, 0.15) is 0 Å². The van der Waals surface area contributed by atoms with E-state index < -0.39 is 0 Å². The summed E-state index contributed by atoms with van der Waals surface area (Å²) in [5.41, 5.74) is 1.20. The van der Waals surface area contributed by atoms with Gasteiger partial charge in [-0.1, -0.05) is 12.1 Å². The Hall–Kier alpha value is -0.960. The van der Waals surface area contributed by atoms with Crippen molar-refractivity contribution in [3.05, 3.63) is 29.8 Å². The summed E-state index contributed by atoms with van der Waals surface area (Å²) < 4.78 is 0. The highest BCUT2D eigenvalue weighted by Gasteiger charge is 2.53. The van der Waals surface area contributed by atoms with E-state index in [0.717, 1.165) is 28.2 Å². The Balaban J connectivity index is 1.51. The summed E-state index contributed by atoms with van der Waals surface area (Å²) in [5, 5.41) is 3.38. The van der Waals surface area contributed by atoms with Crippen LogP contribution >= 0.6 is 11.8 Å². The molecule has 23 heavy (non-hydrogen) atoms. The molecule has 4 aliphatic carbocycles. The Labute approximate surface area is 143 Å². The Bertz CT molecular complexity index is 576. The molecule has 1 amide bonds. The average molecular weight is 330 g/mol. The summed E-state index contributed by atoms with van der Waals surface area (Å²) >= 11 is 1.65. The van der Waals surface area contributed by atoms with Crippen molar-refractivity contribution in [1.29, 1.82) is 0 Å². The van der Waals surface area contributed by atoms with Gasteiger partial charge in [-0.05, 0) is 87.0 Å². The van der Waals surface area contributed by atoms with Crippen molar-refractivity contribution >= 4 is 17.7 Å². The van der Waals surface area contributed by atoms with Crippen LogP contribution in [0.5, 0.6) is 0 Å². The van der Waals surface area contributed by atoms with E-state index in [0.29, 0.717) is 11.5 Å². The fraction of sp³-hybridized carbons (Fsp3) is 0.650. The molecule has 0 unspecified atom stereocenters. The van der Waals surface area contributed by atoms with Crippen molar-refractivity contribution in [3.63, 3.8) is 0 Å². The van der Waals surface area contributed by atoms with E-state index in [1.807, 2.05) is 30.5 Å². The van der Waals surface area contributed by atoms with Crippen molar-refractivity contribution in [2.24, 2.45) is 23.2 Å². The summed E-state index contributed by atoms with van der Waals surface area (Å²) in [6.45, 7) is 2.26. The highest BCUT2D eigenvalue weighted by molar-refractivity contribution is 7.98. The lowest BCUT2D eigenvalue weighted by Crippen LogP contribution is -2.55. The third-order valence-corrected chi connectivity index (χ3v) is 7.50. The van der Waals surface area contributed by atoms with Gasteiger partial charge in [-0.25, -0.2) is 0 Å². The van der Waals surface area contributed by atoms with Crippen LogP contribution in [-0.2, 0) is 0 Å². The number of amides is 1. The van der Waals surface area contributed by atoms with Crippen LogP contribution in [0.15, 0.2) is 29.2 Å². The molecular weight excluding hydrogens is 302 g/mol. The Morgan fingerprint density at radius 2 is 1.70 bits per heavy atom. The molecule has 4 fully saturated rings. The molecular formula is C20H27NOS. The summed E-state index contributed by atoms with van der Waals surface area (Å²) in [6, 6.07) is 8.25. The molecule has 0 aromatic heterocycles. The normalized spacial score (nSPS) is 36.0. The molecule has 1 aromatic carbocycles. The van der Waals surface area contributed by atoms with Crippen molar-refractivity contribution in [3.8, 4) is 0 Å². The first-order valence-corrected chi connectivity index (χ1v) is 10.3. The van der Waals surface area contributed by atoms with Gasteiger partial charge in [-0.15, -0.1) is 11.8 Å². The molecule has 5 rings (SSSR count). The van der Waals surface area contributed by atoms with Crippen LogP contribution in [0.2, 0.25) is 0 Å². The lowest BCUT2D eigenvalue weighted by molar-refractivity contribution is -0.0688. The smallest absolute Gasteiger partial charge is 0.252 e. The molecule has 124 valence electrons. The first-order valence-electron chi connectivity index (χ1n) is 9.03. The standard InChI is InChI=1S/C20H27NOS/c1-13(21-19(22)17-5-3-4-6-18(17)23-2)20-10-14-7-15(11-20)9-16(8-14)12-20/h3-6,13-16H,7-12H2,1-2H3,(H,21,22)/t13-,14?,15?,16?,20?/m0/s1. The number of nitrogens with one attached hydrogen (secondary N) is 1. The fourth-order valence-electron chi connectivity index (χ4n) is 5.97. The largest absolute Gasteiger partial charge is 0.349 e. The van der Waals surface area contributed by atoms with E-state index in [4.69, 9.17) is 0 Å². The highest BCUT2D eigenvalue weighted by Crippen LogP contribution is 2.61. The van der Waals surface area contributed by atoms with Gasteiger partial charge in [0, 0.05) is 10.9 Å². The number of carbonyl (C=O) groups excluding carboxylic acids is 1. The number of rotatable bonds is 4. The Morgan fingerprint density at radius 3 is 2.26 bits per heavy atom. The van der Waals surface area contributed by atoms with Crippen LogP contribution in [-0.4, -0.2) is 18.2 Å². The zero-order valence-electron chi connectivity index (χ0n) is 14.2. The molecule has 4 bridgehead atoms. The third kappa shape index (κ3) is 2.71. The summed E-state index contributed by atoms with van der Waals surface area (Å²) in [5.74, 6) is 2.90. The quantitative estimate of drug-likeness (QED) is 0.808. The van der Waals surface area contributed by atoms with Gasteiger partial charge in [0.15, 0.2) is 0 Å². The first kappa shape index (κ1) is 15.6. The summed E-state index contributed by atoms with van der Waals surface area (Å²) in [6.07, 6.45) is 10.4. The van der Waals surface area contributed by atoms with Gasteiger partial charge in [-0.2, -0.15) is 0 Å². The van der Waals surface area contributed by atoms with Gasteiger partial charge >= 0.3 is 0 Å². The molecule has 2 nitrogen and oxygen atoms in total. The van der Waals surface area contributed by atoms with Crippen molar-refractivity contribution in [1.82, 2.24) is 5.32 Å². The van der Waals surface area contributed by atoms with Crippen LogP contribution in [0.25, 0.3) is 0 Å². The SMILES string of the molecule is CSc1ccccc1C(=O)N[C@@H](C)C12CC3CC(CC(C3)C1)C2. The maximum Gasteiger partial charge on any atom is 0.252 e. The molecule has 0 saturated heterocycles. The van der Waals surface area contributed by atoms with Gasteiger partial charge in [-0.3, -0.25) is 4.79 Å². The Kier molecular flexibility index (Phi) is 3.95. The predicted octanol–water partition coefficient (Wildman–Crippen LogP) is 4.74. The first-order chi connectivity index (χ1) is 11.1. The van der Waals surface area contributed by atoms with Crippen LogP contribution in [0, 0.1) is 23.2 Å². The molecule has 0 heterocycles. The maximum absolute atomic E-state index is 12.8. The zero-order valence-corrected chi connectivity index (χ0v) is 15.0. The number of benzene rings is 1. The lowest BCUT2D eigenvalue weighted by Gasteiger charge is -2.59. The van der Waals surface area contributed by atoms with Crippen molar-refractivity contribution in [2.45, 2.75) is 56.4 Å². The number of thioether (sulfide) groups is 1. The van der Waals surface area contributed by atoms with Crippen LogP contribution in [0.1, 0.15) is 55.8 Å². The number of hydrogen-bond donors (Lipinski definition) is 1. The molecule has 0 radical (unpaired) electrons. The molecule has 4 saturated carbocycles. The maximum atomic E-state index is 12.8. The van der Waals surface area contributed by atoms with E-state index in [1.54, 1.807) is 11.8 Å². The molecule has 3 heteroatoms. The number of hydrogen-bond acceptors (Lipinski definition) is 2. The highest BCUT2D eigenvalue weighted by atomic mass is 32.2. The fourth-order valence-corrected chi connectivity index (χ4v) is 6.56. The second-order valence-corrected chi connectivity index (χ2v) is 9.02. The lowest BCUT2D eigenvalue weighted by atomic mass is 9.48. The monoisotopic (exact) mass is 329 g/mol. The van der Waals surface area contributed by atoms with E-state index in [1.165, 1.54) is 38.5 Å². The Morgan fingerprint density at radius 1 is 1.13 bits per heavy atom. The molecule has 1 aromatic rings. The van der Waals surface area contributed by atoms with Crippen LogP contribution < -0.4 is 5.32 Å². The molecule has 1 N–H and O–H groups in total. The van der Waals surface area contributed by atoms with Crippen LogP contribution in [0.4, 0.5) is 0 Å². The van der Waals surface area contributed by atoms with E-state index in [-0.39, 0.29) is 5.91 Å². The molecule has 0 spiro atoms. The average Bonchev–Trinajstić information content (AvgIpc) is 2.53. The second kappa shape index (κ2) is 5.84. The minimum absolute atomic E-state index is 0.109.